The molecule has 2 rings (SSSR count). The standard InChI is InChI=1S/C14H10ClF3O2S/c1-8-6-10(21(19)20)3-5-11(8)12-4-2-9(7-13(12)15)14(16,17)18/h2-7,21H,1H3. The summed E-state index contributed by atoms with van der Waals surface area (Å²) in [7, 11) is -2.70. The third-order valence-electron chi connectivity index (χ3n) is 3.01. The first-order chi connectivity index (χ1) is 9.70. The maximum absolute atomic E-state index is 12.6. The van der Waals surface area contributed by atoms with Crippen LogP contribution in [0.2, 0.25) is 5.02 Å². The molecule has 112 valence electrons. The van der Waals surface area contributed by atoms with Gasteiger partial charge in [-0.05, 0) is 42.3 Å². The van der Waals surface area contributed by atoms with Crippen molar-refractivity contribution in [3.8, 4) is 11.1 Å². The zero-order valence-electron chi connectivity index (χ0n) is 10.7. The summed E-state index contributed by atoms with van der Waals surface area (Å²) in [5.74, 6) is 0. The molecule has 2 nitrogen and oxygen atoms in total. The number of thiol groups is 1. The second kappa shape index (κ2) is 5.69. The molecule has 7 heteroatoms. The Kier molecular flexibility index (Phi) is 4.30. The van der Waals surface area contributed by atoms with Crippen LogP contribution >= 0.6 is 11.6 Å². The number of aryl methyl sites for hydroxylation is 1. The Balaban J connectivity index is 2.53. The van der Waals surface area contributed by atoms with Gasteiger partial charge in [-0.1, -0.05) is 23.7 Å². The Bertz CT molecular complexity index is 759. The molecule has 0 bridgehead atoms. The largest absolute Gasteiger partial charge is 0.416 e. The van der Waals surface area contributed by atoms with E-state index in [1.807, 2.05) is 0 Å². The Labute approximate surface area is 126 Å². The van der Waals surface area contributed by atoms with E-state index in [9.17, 15) is 21.6 Å². The van der Waals surface area contributed by atoms with Crippen molar-refractivity contribution in [2.75, 3.05) is 0 Å². The third kappa shape index (κ3) is 3.39. The molecule has 0 fully saturated rings. The predicted molar refractivity (Wildman–Crippen MR) is 75.2 cm³/mol. The molecule has 0 heterocycles. The fourth-order valence-electron chi connectivity index (χ4n) is 1.97. The van der Waals surface area contributed by atoms with Gasteiger partial charge in [0.2, 0.25) is 0 Å². The minimum atomic E-state index is -4.46. The molecule has 0 saturated heterocycles. The summed E-state index contributed by atoms with van der Waals surface area (Å²) in [5, 5.41) is -0.0350. The highest BCUT2D eigenvalue weighted by molar-refractivity contribution is 7.72. The van der Waals surface area contributed by atoms with Gasteiger partial charge in [0.15, 0.2) is 10.7 Å². The van der Waals surface area contributed by atoms with Crippen molar-refractivity contribution in [3.05, 3.63) is 52.5 Å². The molecule has 0 atom stereocenters. The molecule has 0 unspecified atom stereocenters. The van der Waals surface area contributed by atoms with Crippen molar-refractivity contribution in [3.63, 3.8) is 0 Å². The molecule has 2 aromatic carbocycles. The predicted octanol–water partition coefficient (Wildman–Crippen LogP) is 4.30. The number of halogens is 4. The smallest absolute Gasteiger partial charge is 0.227 e. The Hall–Kier alpha value is -1.53. The van der Waals surface area contributed by atoms with E-state index in [0.717, 1.165) is 12.1 Å². The van der Waals surface area contributed by atoms with Crippen molar-refractivity contribution in [1.29, 1.82) is 0 Å². The van der Waals surface area contributed by atoms with E-state index in [0.29, 0.717) is 16.7 Å². The molecule has 0 aromatic heterocycles. The van der Waals surface area contributed by atoms with E-state index in [2.05, 4.69) is 0 Å². The van der Waals surface area contributed by atoms with Crippen LogP contribution in [0.3, 0.4) is 0 Å². The highest BCUT2D eigenvalue weighted by Gasteiger charge is 2.31. The van der Waals surface area contributed by atoms with Gasteiger partial charge in [-0.25, -0.2) is 8.42 Å². The zero-order chi connectivity index (χ0) is 15.8. The lowest BCUT2D eigenvalue weighted by Crippen LogP contribution is -2.04. The highest BCUT2D eigenvalue weighted by Crippen LogP contribution is 2.36. The Morgan fingerprint density at radius 3 is 2.10 bits per heavy atom. The average Bonchev–Trinajstić information content (AvgIpc) is 2.38. The maximum atomic E-state index is 12.6. The van der Waals surface area contributed by atoms with Crippen LogP contribution in [0.4, 0.5) is 13.2 Å². The molecular formula is C14H10ClF3O2S. The van der Waals surface area contributed by atoms with Gasteiger partial charge in [0.1, 0.15) is 0 Å². The molecule has 0 saturated carbocycles. The molecule has 0 amide bonds. The zero-order valence-corrected chi connectivity index (χ0v) is 12.4. The van der Waals surface area contributed by atoms with Gasteiger partial charge in [0.05, 0.1) is 10.5 Å². The van der Waals surface area contributed by atoms with Crippen LogP contribution in [-0.4, -0.2) is 8.42 Å². The van der Waals surface area contributed by atoms with Crippen molar-refractivity contribution in [2.24, 2.45) is 0 Å². The lowest BCUT2D eigenvalue weighted by atomic mass is 9.99. The van der Waals surface area contributed by atoms with Crippen LogP contribution in [-0.2, 0) is 16.9 Å². The minimum absolute atomic E-state index is 0.0350. The summed E-state index contributed by atoms with van der Waals surface area (Å²) >= 11 is 5.92. The molecule has 21 heavy (non-hydrogen) atoms. The monoisotopic (exact) mass is 334 g/mol. The number of hydrogen-bond acceptors (Lipinski definition) is 2. The van der Waals surface area contributed by atoms with Gasteiger partial charge in [-0.2, -0.15) is 13.2 Å². The second-order valence-electron chi connectivity index (χ2n) is 4.45. The van der Waals surface area contributed by atoms with Crippen LogP contribution in [0.25, 0.3) is 11.1 Å². The van der Waals surface area contributed by atoms with Crippen LogP contribution in [0.5, 0.6) is 0 Å². The molecule has 2 aromatic rings. The van der Waals surface area contributed by atoms with E-state index in [1.54, 1.807) is 6.92 Å². The number of rotatable bonds is 2. The van der Waals surface area contributed by atoms with Crippen LogP contribution < -0.4 is 0 Å². The second-order valence-corrected chi connectivity index (χ2v) is 5.89. The maximum Gasteiger partial charge on any atom is 0.416 e. The van der Waals surface area contributed by atoms with Crippen LogP contribution in [0, 0.1) is 6.92 Å². The summed E-state index contributed by atoms with van der Waals surface area (Å²) in [4.78, 5) is 0.147. The SMILES string of the molecule is Cc1cc([SH](=O)=O)ccc1-c1ccc(C(F)(F)F)cc1Cl. The molecule has 0 spiro atoms. The first-order valence-electron chi connectivity index (χ1n) is 5.82. The van der Waals surface area contributed by atoms with Crippen molar-refractivity contribution < 1.29 is 21.6 Å². The lowest BCUT2D eigenvalue weighted by molar-refractivity contribution is -0.137. The molecule has 0 radical (unpaired) electrons. The fourth-order valence-corrected chi connectivity index (χ4v) is 2.75. The van der Waals surface area contributed by atoms with Gasteiger partial charge in [-0.3, -0.25) is 0 Å². The Morgan fingerprint density at radius 2 is 1.62 bits per heavy atom. The highest BCUT2D eigenvalue weighted by atomic mass is 35.5. The summed E-state index contributed by atoms with van der Waals surface area (Å²) < 4.78 is 59.6. The van der Waals surface area contributed by atoms with E-state index in [-0.39, 0.29) is 9.92 Å². The summed E-state index contributed by atoms with van der Waals surface area (Å²) in [6, 6.07) is 7.46. The van der Waals surface area contributed by atoms with E-state index < -0.39 is 22.4 Å². The molecule has 0 aliphatic rings. The average molecular weight is 335 g/mol. The van der Waals surface area contributed by atoms with Crippen molar-refractivity contribution >= 4 is 22.3 Å². The molecule has 0 N–H and O–H groups in total. The lowest BCUT2D eigenvalue weighted by Gasteiger charge is -2.12. The first-order valence-corrected chi connectivity index (χ1v) is 7.38. The number of benzene rings is 2. The third-order valence-corrected chi connectivity index (χ3v) is 4.02. The number of alkyl halides is 3. The first kappa shape index (κ1) is 15.9. The van der Waals surface area contributed by atoms with Gasteiger partial charge in [-0.15, -0.1) is 0 Å². The van der Waals surface area contributed by atoms with Crippen molar-refractivity contribution in [2.45, 2.75) is 18.0 Å². The van der Waals surface area contributed by atoms with Crippen molar-refractivity contribution in [1.82, 2.24) is 0 Å². The molecular weight excluding hydrogens is 325 g/mol. The Morgan fingerprint density at radius 1 is 1.00 bits per heavy atom. The summed E-state index contributed by atoms with van der Waals surface area (Å²) in [6.07, 6.45) is -4.46. The van der Waals surface area contributed by atoms with Gasteiger partial charge < -0.3 is 0 Å². The normalized spacial score (nSPS) is 11.9. The summed E-state index contributed by atoms with van der Waals surface area (Å²) in [6.45, 7) is 1.67. The molecule has 0 aliphatic carbocycles. The van der Waals surface area contributed by atoms with Crippen LogP contribution in [0.1, 0.15) is 11.1 Å². The quantitative estimate of drug-likeness (QED) is 0.831. The van der Waals surface area contributed by atoms with Gasteiger partial charge >= 0.3 is 6.18 Å². The number of hydrogen-bond donors (Lipinski definition) is 1. The van der Waals surface area contributed by atoms with Gasteiger partial charge in [0, 0.05) is 10.6 Å². The van der Waals surface area contributed by atoms with Crippen LogP contribution in [0.15, 0.2) is 41.3 Å². The topological polar surface area (TPSA) is 34.1 Å². The van der Waals surface area contributed by atoms with E-state index >= 15 is 0 Å². The van der Waals surface area contributed by atoms with Gasteiger partial charge in [0.25, 0.3) is 0 Å². The summed E-state index contributed by atoms with van der Waals surface area (Å²) in [5.41, 5.74) is 0.811. The minimum Gasteiger partial charge on any atom is -0.227 e. The van der Waals surface area contributed by atoms with E-state index in [4.69, 9.17) is 11.6 Å². The van der Waals surface area contributed by atoms with E-state index in [1.165, 1.54) is 24.3 Å². The fraction of sp³-hybridized carbons (Fsp3) is 0.143. The molecule has 0 aliphatic heterocycles.